The lowest BCUT2D eigenvalue weighted by molar-refractivity contribution is 0.199. The summed E-state index contributed by atoms with van der Waals surface area (Å²) in [6, 6.07) is 4.81. The molecule has 0 aliphatic rings. The first-order valence-electron chi connectivity index (χ1n) is 6.26. The van der Waals surface area contributed by atoms with Crippen molar-refractivity contribution >= 4 is 34.9 Å². The quantitative estimate of drug-likeness (QED) is 0.585. The first kappa shape index (κ1) is 16.7. The first-order chi connectivity index (χ1) is 10.2. The molecule has 114 valence electrons. The largest absolute Gasteiger partial charge is 0.383 e. The predicted molar refractivity (Wildman–Crippen MR) is 85.8 cm³/mol. The van der Waals surface area contributed by atoms with Crippen LogP contribution >= 0.6 is 34.9 Å². The van der Waals surface area contributed by atoms with E-state index in [1.165, 1.54) is 17.8 Å². The minimum atomic E-state index is -0.232. The maximum atomic E-state index is 13.4. The summed E-state index contributed by atoms with van der Waals surface area (Å²) in [5, 5.41) is 11.4. The van der Waals surface area contributed by atoms with E-state index in [9.17, 15) is 4.39 Å². The fourth-order valence-corrected chi connectivity index (χ4v) is 4.10. The molecule has 0 unspecified atom stereocenters. The van der Waals surface area contributed by atoms with E-state index in [1.807, 2.05) is 6.26 Å². The van der Waals surface area contributed by atoms with Crippen LogP contribution < -0.4 is 5.32 Å². The van der Waals surface area contributed by atoms with Gasteiger partial charge in [-0.25, -0.2) is 4.39 Å². The number of halogens is 1. The van der Waals surface area contributed by atoms with E-state index in [0.717, 1.165) is 25.7 Å². The van der Waals surface area contributed by atoms with E-state index in [-0.39, 0.29) is 5.82 Å². The average Bonchev–Trinajstić information content (AvgIpc) is 2.94. The van der Waals surface area contributed by atoms with Crippen molar-refractivity contribution < 1.29 is 9.13 Å². The molecule has 8 heteroatoms. The molecule has 0 radical (unpaired) electrons. The summed E-state index contributed by atoms with van der Waals surface area (Å²) in [7, 11) is 1.66. The highest BCUT2D eigenvalue weighted by Crippen LogP contribution is 2.34. The molecule has 0 saturated carbocycles. The van der Waals surface area contributed by atoms with Crippen LogP contribution in [0.2, 0.25) is 0 Å². The highest BCUT2D eigenvalue weighted by molar-refractivity contribution is 8.03. The Balaban J connectivity index is 2.06. The van der Waals surface area contributed by atoms with Crippen molar-refractivity contribution in [2.24, 2.45) is 0 Å². The van der Waals surface area contributed by atoms with Crippen LogP contribution in [-0.2, 0) is 11.3 Å². The van der Waals surface area contributed by atoms with Crippen molar-refractivity contribution in [1.29, 1.82) is 0 Å². The van der Waals surface area contributed by atoms with Crippen LogP contribution in [0.5, 0.6) is 0 Å². The molecule has 0 atom stereocenters. The highest BCUT2D eigenvalue weighted by Gasteiger charge is 2.10. The number of hydrogen-bond acceptors (Lipinski definition) is 7. The molecule has 1 aromatic heterocycles. The normalized spacial score (nSPS) is 11.0. The number of aromatic nitrogens is 2. The maximum absolute atomic E-state index is 13.4. The van der Waals surface area contributed by atoms with Gasteiger partial charge in [-0.15, -0.1) is 10.2 Å². The Labute approximate surface area is 135 Å². The molecule has 0 aliphatic heterocycles. The van der Waals surface area contributed by atoms with Crippen LogP contribution in [0.3, 0.4) is 0 Å². The Hall–Kier alpha value is -0.670. The van der Waals surface area contributed by atoms with Crippen LogP contribution in [-0.4, -0.2) is 36.7 Å². The van der Waals surface area contributed by atoms with Crippen molar-refractivity contribution in [2.75, 3.05) is 26.5 Å². The van der Waals surface area contributed by atoms with E-state index in [0.29, 0.717) is 13.2 Å². The molecular weight excluding hydrogens is 329 g/mol. The molecule has 0 spiro atoms. The van der Waals surface area contributed by atoms with Gasteiger partial charge < -0.3 is 10.1 Å². The van der Waals surface area contributed by atoms with Gasteiger partial charge in [0, 0.05) is 25.1 Å². The number of rotatable bonds is 8. The molecule has 1 N–H and O–H groups in total. The Morgan fingerprint density at radius 2 is 2.14 bits per heavy atom. The van der Waals surface area contributed by atoms with Crippen LogP contribution in [0.4, 0.5) is 4.39 Å². The third kappa shape index (κ3) is 5.23. The molecule has 1 aromatic carbocycles. The van der Waals surface area contributed by atoms with Crippen LogP contribution in [0.25, 0.3) is 0 Å². The Bertz CT molecular complexity index is 580. The Morgan fingerprint density at radius 3 is 2.86 bits per heavy atom. The number of nitrogens with one attached hydrogen (secondary N) is 1. The van der Waals surface area contributed by atoms with E-state index >= 15 is 0 Å². The van der Waals surface area contributed by atoms with E-state index < -0.39 is 0 Å². The molecule has 0 bridgehead atoms. The SMILES string of the molecule is COCCNCc1cc(F)ccc1Sc1nnc(SC)s1. The highest BCUT2D eigenvalue weighted by atomic mass is 32.2. The molecule has 0 amide bonds. The van der Waals surface area contributed by atoms with Gasteiger partial charge in [-0.05, 0) is 30.0 Å². The molecule has 21 heavy (non-hydrogen) atoms. The van der Waals surface area contributed by atoms with Gasteiger partial charge in [0.1, 0.15) is 5.82 Å². The fraction of sp³-hybridized carbons (Fsp3) is 0.385. The van der Waals surface area contributed by atoms with Gasteiger partial charge in [-0.1, -0.05) is 34.9 Å². The lowest BCUT2D eigenvalue weighted by atomic mass is 10.2. The summed E-state index contributed by atoms with van der Waals surface area (Å²) in [6.45, 7) is 1.95. The minimum absolute atomic E-state index is 0.232. The van der Waals surface area contributed by atoms with Crippen LogP contribution in [0, 0.1) is 5.82 Å². The molecule has 4 nitrogen and oxygen atoms in total. The number of hydrogen-bond donors (Lipinski definition) is 1. The Morgan fingerprint density at radius 1 is 1.33 bits per heavy atom. The van der Waals surface area contributed by atoms with Crippen molar-refractivity contribution in [3.63, 3.8) is 0 Å². The number of ether oxygens (including phenoxy) is 1. The molecule has 2 rings (SSSR count). The van der Waals surface area contributed by atoms with Gasteiger partial charge in [0.25, 0.3) is 0 Å². The predicted octanol–water partition coefficient (Wildman–Crippen LogP) is 3.29. The lowest BCUT2D eigenvalue weighted by Crippen LogP contribution is -2.19. The second kappa shape index (κ2) is 8.70. The smallest absolute Gasteiger partial charge is 0.179 e. The summed E-state index contributed by atoms with van der Waals surface area (Å²) < 4.78 is 20.2. The monoisotopic (exact) mass is 345 g/mol. The molecule has 0 aliphatic carbocycles. The molecule has 0 saturated heterocycles. The number of nitrogens with zero attached hydrogens (tertiary/aromatic N) is 2. The third-order valence-corrected chi connectivity index (χ3v) is 5.65. The van der Waals surface area contributed by atoms with Gasteiger partial charge >= 0.3 is 0 Å². The molecule has 1 heterocycles. The average molecular weight is 345 g/mol. The molecular formula is C13H16FN3OS3. The van der Waals surface area contributed by atoms with Gasteiger partial charge in [0.05, 0.1) is 6.61 Å². The van der Waals surface area contributed by atoms with E-state index in [2.05, 4.69) is 15.5 Å². The first-order valence-corrected chi connectivity index (χ1v) is 9.12. The fourth-order valence-electron chi connectivity index (χ4n) is 1.60. The van der Waals surface area contributed by atoms with Crippen molar-refractivity contribution in [1.82, 2.24) is 15.5 Å². The summed E-state index contributed by atoms with van der Waals surface area (Å²) in [4.78, 5) is 0.991. The number of methoxy groups -OCH3 is 1. The number of benzene rings is 1. The van der Waals surface area contributed by atoms with Gasteiger partial charge in [-0.2, -0.15) is 0 Å². The van der Waals surface area contributed by atoms with Crippen LogP contribution in [0.15, 0.2) is 31.8 Å². The van der Waals surface area contributed by atoms with Crippen LogP contribution in [0.1, 0.15) is 5.56 Å². The van der Waals surface area contributed by atoms with Gasteiger partial charge in [0.15, 0.2) is 8.68 Å². The standard InChI is InChI=1S/C13H16FN3OS3/c1-18-6-5-15-8-9-7-10(14)3-4-11(9)20-13-17-16-12(19-2)21-13/h3-4,7,15H,5-6,8H2,1-2H3. The van der Waals surface area contributed by atoms with Gasteiger partial charge in [-0.3, -0.25) is 0 Å². The second-order valence-electron chi connectivity index (χ2n) is 4.06. The zero-order valence-corrected chi connectivity index (χ0v) is 14.2. The topological polar surface area (TPSA) is 47.0 Å². The second-order valence-corrected chi connectivity index (χ2v) is 7.38. The zero-order valence-electron chi connectivity index (χ0n) is 11.8. The lowest BCUT2D eigenvalue weighted by Gasteiger charge is -2.09. The van der Waals surface area contributed by atoms with E-state index in [4.69, 9.17) is 4.74 Å². The minimum Gasteiger partial charge on any atom is -0.383 e. The third-order valence-electron chi connectivity index (χ3n) is 2.58. The summed E-state index contributed by atoms with van der Waals surface area (Å²) in [6.07, 6.45) is 1.97. The zero-order chi connectivity index (χ0) is 15.1. The van der Waals surface area contributed by atoms with Crippen molar-refractivity contribution in [3.8, 4) is 0 Å². The number of thioether (sulfide) groups is 1. The summed E-state index contributed by atoms with van der Waals surface area (Å²) in [5.74, 6) is -0.232. The Kier molecular flexibility index (Phi) is 6.91. The van der Waals surface area contributed by atoms with E-state index in [1.54, 1.807) is 42.3 Å². The summed E-state index contributed by atoms with van der Waals surface area (Å²) in [5.41, 5.74) is 0.914. The van der Waals surface area contributed by atoms with Gasteiger partial charge in [0.2, 0.25) is 0 Å². The summed E-state index contributed by atoms with van der Waals surface area (Å²) >= 11 is 4.63. The van der Waals surface area contributed by atoms with Crippen molar-refractivity contribution in [3.05, 3.63) is 29.6 Å². The maximum Gasteiger partial charge on any atom is 0.179 e. The molecule has 2 aromatic rings. The van der Waals surface area contributed by atoms with Crippen molar-refractivity contribution in [2.45, 2.75) is 20.1 Å². The molecule has 0 fully saturated rings.